The Bertz CT molecular complexity index is 882. The number of aromatic nitrogens is 2. The van der Waals surface area contributed by atoms with E-state index in [2.05, 4.69) is 45.9 Å². The van der Waals surface area contributed by atoms with Gasteiger partial charge in [-0.25, -0.2) is 4.98 Å². The summed E-state index contributed by atoms with van der Waals surface area (Å²) in [6, 6.07) is 12.7. The third-order valence-electron chi connectivity index (χ3n) is 5.16. The Labute approximate surface area is 157 Å². The lowest BCUT2D eigenvalue weighted by molar-refractivity contribution is -0.131. The van der Waals surface area contributed by atoms with E-state index in [-0.39, 0.29) is 5.91 Å². The second-order valence-corrected chi connectivity index (χ2v) is 8.11. The summed E-state index contributed by atoms with van der Waals surface area (Å²) in [6.45, 7) is 2.02. The second-order valence-electron chi connectivity index (χ2n) is 7.00. The van der Waals surface area contributed by atoms with E-state index in [4.69, 9.17) is 0 Å². The Balaban J connectivity index is 1.41. The van der Waals surface area contributed by atoms with Gasteiger partial charge in [0.25, 0.3) is 0 Å². The van der Waals surface area contributed by atoms with Crippen LogP contribution in [-0.4, -0.2) is 45.4 Å². The molecule has 1 aliphatic heterocycles. The number of thiazole rings is 1. The van der Waals surface area contributed by atoms with Crippen LogP contribution in [0.5, 0.6) is 0 Å². The van der Waals surface area contributed by atoms with Gasteiger partial charge in [0.05, 0.1) is 29.3 Å². The van der Waals surface area contributed by atoms with Crippen molar-refractivity contribution in [2.75, 3.05) is 20.1 Å². The van der Waals surface area contributed by atoms with Gasteiger partial charge in [-0.1, -0.05) is 12.1 Å². The lowest BCUT2D eigenvalue weighted by atomic mass is 10.1. The molecule has 136 valence electrons. The zero-order valence-corrected chi connectivity index (χ0v) is 16.1. The fourth-order valence-corrected chi connectivity index (χ4v) is 4.76. The quantitative estimate of drug-likeness (QED) is 0.693. The van der Waals surface area contributed by atoms with Crippen LogP contribution < -0.4 is 0 Å². The van der Waals surface area contributed by atoms with Gasteiger partial charge in [0.2, 0.25) is 5.91 Å². The van der Waals surface area contributed by atoms with Gasteiger partial charge in [-0.15, -0.1) is 11.3 Å². The summed E-state index contributed by atoms with van der Waals surface area (Å²) in [5.41, 5.74) is 2.31. The van der Waals surface area contributed by atoms with Crippen molar-refractivity contribution in [1.29, 1.82) is 0 Å². The largest absolute Gasteiger partial charge is 0.353 e. The predicted molar refractivity (Wildman–Crippen MR) is 105 cm³/mol. The minimum absolute atomic E-state index is 0.158. The van der Waals surface area contributed by atoms with E-state index in [9.17, 15) is 4.79 Å². The highest BCUT2D eigenvalue weighted by molar-refractivity contribution is 7.18. The maximum atomic E-state index is 12.8. The number of benzene rings is 1. The van der Waals surface area contributed by atoms with Crippen LogP contribution in [0, 0.1) is 0 Å². The summed E-state index contributed by atoms with van der Waals surface area (Å²) >= 11 is 1.66. The number of aryl methyl sites for hydroxylation is 1. The highest BCUT2D eigenvalue weighted by Crippen LogP contribution is 2.31. The van der Waals surface area contributed by atoms with Crippen LogP contribution in [0.1, 0.15) is 29.6 Å². The number of likely N-dealkylation sites (N-methyl/N-ethyl adjacent to an activating group) is 1. The summed E-state index contributed by atoms with van der Waals surface area (Å²) in [5.74, 6) is 0.158. The molecule has 1 saturated heterocycles. The average Bonchev–Trinajstić information content (AvgIpc) is 3.33. The van der Waals surface area contributed by atoms with Gasteiger partial charge in [-0.2, -0.15) is 0 Å². The molecule has 1 amide bonds. The first kappa shape index (κ1) is 17.2. The zero-order valence-electron chi connectivity index (χ0n) is 15.3. The van der Waals surface area contributed by atoms with E-state index in [1.54, 1.807) is 16.2 Å². The first-order valence-corrected chi connectivity index (χ1v) is 9.87. The summed E-state index contributed by atoms with van der Waals surface area (Å²) in [7, 11) is 3.95. The number of para-hydroxylation sites is 1. The second kappa shape index (κ2) is 7.21. The molecule has 0 aliphatic carbocycles. The number of hydrogen-bond donors (Lipinski definition) is 0. The third-order valence-corrected chi connectivity index (χ3v) is 6.18. The smallest absolute Gasteiger partial charge is 0.236 e. The molecule has 0 radical (unpaired) electrons. The number of carbonyl (C=O) groups is 1. The molecule has 3 aromatic rings. The first-order chi connectivity index (χ1) is 12.6. The number of hydrogen-bond acceptors (Lipinski definition) is 4. The molecule has 0 spiro atoms. The maximum Gasteiger partial charge on any atom is 0.236 e. The van der Waals surface area contributed by atoms with Gasteiger partial charge in [0, 0.05) is 26.0 Å². The number of likely N-dealkylation sites (tertiary alicyclic amines) is 1. The molecule has 26 heavy (non-hydrogen) atoms. The van der Waals surface area contributed by atoms with Crippen LogP contribution in [0.3, 0.4) is 0 Å². The number of carbonyl (C=O) groups excluding carboxylic acids is 1. The maximum absolute atomic E-state index is 12.8. The van der Waals surface area contributed by atoms with E-state index in [1.807, 2.05) is 25.2 Å². The lowest BCUT2D eigenvalue weighted by Gasteiger charge is -2.26. The minimum Gasteiger partial charge on any atom is -0.353 e. The third kappa shape index (κ3) is 3.39. The first-order valence-electron chi connectivity index (χ1n) is 9.05. The topological polar surface area (TPSA) is 41.4 Å². The van der Waals surface area contributed by atoms with Crippen LogP contribution in [-0.2, 0) is 18.4 Å². The highest BCUT2D eigenvalue weighted by atomic mass is 32.1. The van der Waals surface area contributed by atoms with Crippen LogP contribution in [0.2, 0.25) is 0 Å². The normalized spacial score (nSPS) is 17.8. The molecule has 3 heterocycles. The van der Waals surface area contributed by atoms with Gasteiger partial charge in [0.1, 0.15) is 5.01 Å². The van der Waals surface area contributed by atoms with Gasteiger partial charge in [0.15, 0.2) is 0 Å². The van der Waals surface area contributed by atoms with E-state index in [0.717, 1.165) is 29.9 Å². The molecule has 2 aromatic heterocycles. The predicted octanol–water partition coefficient (Wildman–Crippen LogP) is 3.43. The zero-order chi connectivity index (χ0) is 18.1. The molecule has 6 heteroatoms. The van der Waals surface area contributed by atoms with Crippen molar-refractivity contribution < 1.29 is 4.79 Å². The fraction of sp³-hybridized carbons (Fsp3) is 0.400. The highest BCUT2D eigenvalue weighted by Gasteiger charge is 2.29. The molecule has 1 aliphatic rings. The molecule has 1 atom stereocenters. The van der Waals surface area contributed by atoms with Crippen molar-refractivity contribution in [3.05, 3.63) is 53.3 Å². The Morgan fingerprint density at radius 2 is 2.15 bits per heavy atom. The standard InChI is InChI=1S/C20H24N4OS/c1-22-11-5-8-16(22)17-9-6-12-24(17)14-20(25)23(2)13-19-21-15-7-3-4-10-18(15)26-19/h3-5,7-8,10-11,17H,6,9,12-14H2,1-2H3/t17-/m1/s1. The minimum atomic E-state index is 0.158. The van der Waals surface area contributed by atoms with Gasteiger partial charge in [-0.05, 0) is 43.7 Å². The molecule has 4 rings (SSSR count). The number of nitrogens with zero attached hydrogens (tertiary/aromatic N) is 4. The van der Waals surface area contributed by atoms with Gasteiger partial charge < -0.3 is 9.47 Å². The summed E-state index contributed by atoms with van der Waals surface area (Å²) in [5, 5.41) is 0.988. The molecular weight excluding hydrogens is 344 g/mol. The molecule has 0 bridgehead atoms. The monoisotopic (exact) mass is 368 g/mol. The van der Waals surface area contributed by atoms with Crippen molar-refractivity contribution in [2.24, 2.45) is 7.05 Å². The number of rotatable bonds is 5. The fourth-order valence-electron chi connectivity index (χ4n) is 3.74. The molecule has 0 N–H and O–H groups in total. The lowest BCUT2D eigenvalue weighted by Crippen LogP contribution is -2.38. The van der Waals surface area contributed by atoms with Crippen LogP contribution >= 0.6 is 11.3 Å². The van der Waals surface area contributed by atoms with Crippen molar-refractivity contribution in [3.63, 3.8) is 0 Å². The average molecular weight is 369 g/mol. The Morgan fingerprint density at radius 1 is 1.31 bits per heavy atom. The van der Waals surface area contributed by atoms with E-state index in [1.165, 1.54) is 10.4 Å². The van der Waals surface area contributed by atoms with Crippen molar-refractivity contribution >= 4 is 27.5 Å². The van der Waals surface area contributed by atoms with Gasteiger partial charge in [-0.3, -0.25) is 9.69 Å². The summed E-state index contributed by atoms with van der Waals surface area (Å²) in [6.07, 6.45) is 4.34. The SMILES string of the molecule is CN(Cc1nc2ccccc2s1)C(=O)CN1CCC[C@@H]1c1cccn1C. The van der Waals surface area contributed by atoms with E-state index < -0.39 is 0 Å². The molecular formula is C20H24N4OS. The molecule has 0 saturated carbocycles. The molecule has 5 nitrogen and oxygen atoms in total. The Hall–Kier alpha value is -2.18. The molecule has 1 aromatic carbocycles. The van der Waals surface area contributed by atoms with E-state index >= 15 is 0 Å². The number of fused-ring (bicyclic) bond motifs is 1. The Morgan fingerprint density at radius 3 is 2.92 bits per heavy atom. The Kier molecular flexibility index (Phi) is 4.78. The van der Waals surface area contributed by atoms with E-state index in [0.29, 0.717) is 19.1 Å². The van der Waals surface area contributed by atoms with Crippen molar-refractivity contribution in [1.82, 2.24) is 19.4 Å². The van der Waals surface area contributed by atoms with Crippen LogP contribution in [0.25, 0.3) is 10.2 Å². The van der Waals surface area contributed by atoms with Crippen molar-refractivity contribution in [2.45, 2.75) is 25.4 Å². The number of amides is 1. The van der Waals surface area contributed by atoms with Crippen molar-refractivity contribution in [3.8, 4) is 0 Å². The van der Waals surface area contributed by atoms with Crippen LogP contribution in [0.15, 0.2) is 42.6 Å². The summed E-state index contributed by atoms with van der Waals surface area (Å²) in [4.78, 5) is 21.5. The summed E-state index contributed by atoms with van der Waals surface area (Å²) < 4.78 is 3.34. The molecule has 0 unspecified atom stereocenters. The van der Waals surface area contributed by atoms with Crippen LogP contribution in [0.4, 0.5) is 0 Å². The molecule has 1 fully saturated rings. The van der Waals surface area contributed by atoms with Gasteiger partial charge >= 0.3 is 0 Å².